The average molecular weight is 301 g/mol. The van der Waals surface area contributed by atoms with Gasteiger partial charge < -0.3 is 5.73 Å². The summed E-state index contributed by atoms with van der Waals surface area (Å²) in [6, 6.07) is 13.9. The number of nitrogen functional groups attached to an aromatic ring is 1. The largest absolute Gasteiger partial charge is 0.398 e. The van der Waals surface area contributed by atoms with Crippen LogP contribution in [0.5, 0.6) is 0 Å². The third-order valence-electron chi connectivity index (χ3n) is 3.38. The van der Waals surface area contributed by atoms with Crippen molar-refractivity contribution >= 4 is 37.9 Å². The molecule has 3 rings (SSSR count). The minimum absolute atomic E-state index is 0.512. The lowest BCUT2D eigenvalue weighted by Gasteiger charge is -2.07. The van der Waals surface area contributed by atoms with E-state index >= 15 is 0 Å². The number of hydrogen-bond acceptors (Lipinski definition) is 3. The predicted molar refractivity (Wildman–Crippen MR) is 87.5 cm³/mol. The molecule has 0 bridgehead atoms. The molecule has 0 aliphatic heterocycles. The van der Waals surface area contributed by atoms with Crippen molar-refractivity contribution in [3.63, 3.8) is 0 Å². The van der Waals surface area contributed by atoms with Crippen LogP contribution in [0, 0.1) is 6.92 Å². The summed E-state index contributed by atoms with van der Waals surface area (Å²) >= 11 is 1.69. The molecule has 1 atom stereocenters. The Morgan fingerprint density at radius 2 is 1.95 bits per heavy atom. The number of nitrogens with two attached hydrogens (primary N) is 1. The molecule has 1 aromatic heterocycles. The van der Waals surface area contributed by atoms with E-state index in [0.717, 1.165) is 16.0 Å². The van der Waals surface area contributed by atoms with Crippen LogP contribution in [0.1, 0.15) is 11.1 Å². The normalized spacial score (nSPS) is 12.7. The second-order valence-corrected chi connectivity index (χ2v) is 7.06. The first kappa shape index (κ1) is 13.3. The van der Waals surface area contributed by atoms with E-state index in [1.54, 1.807) is 11.3 Å². The Kier molecular flexibility index (Phi) is 3.59. The first-order valence-corrected chi connectivity index (χ1v) is 8.55. The maximum absolute atomic E-state index is 12.6. The summed E-state index contributed by atoms with van der Waals surface area (Å²) in [5.41, 5.74) is 8.79. The monoisotopic (exact) mass is 301 g/mol. The highest BCUT2D eigenvalue weighted by atomic mass is 32.2. The van der Waals surface area contributed by atoms with Crippen molar-refractivity contribution < 1.29 is 4.21 Å². The number of rotatable bonds is 3. The van der Waals surface area contributed by atoms with Crippen LogP contribution >= 0.6 is 11.3 Å². The SMILES string of the molecule is Cc1cccc(S(=O)Cc2csc3ccccc23)c1N. The van der Waals surface area contributed by atoms with E-state index in [1.807, 2.05) is 37.3 Å². The molecule has 1 heterocycles. The molecule has 0 fully saturated rings. The van der Waals surface area contributed by atoms with E-state index in [9.17, 15) is 4.21 Å². The summed E-state index contributed by atoms with van der Waals surface area (Å²) < 4.78 is 13.8. The molecule has 2 N–H and O–H groups in total. The fraction of sp³-hybridized carbons (Fsp3) is 0.125. The molecular formula is C16H15NOS2. The van der Waals surface area contributed by atoms with Gasteiger partial charge >= 0.3 is 0 Å². The molecule has 0 saturated heterocycles. The van der Waals surface area contributed by atoms with Crippen molar-refractivity contribution in [2.24, 2.45) is 0 Å². The van der Waals surface area contributed by atoms with Gasteiger partial charge in [-0.1, -0.05) is 30.3 Å². The summed E-state index contributed by atoms with van der Waals surface area (Å²) in [5.74, 6) is 0.512. The van der Waals surface area contributed by atoms with Crippen molar-refractivity contribution in [3.05, 3.63) is 59.0 Å². The van der Waals surface area contributed by atoms with E-state index in [1.165, 1.54) is 10.1 Å². The molecule has 0 saturated carbocycles. The number of anilines is 1. The van der Waals surface area contributed by atoms with Crippen LogP contribution in [0.2, 0.25) is 0 Å². The number of benzene rings is 2. The Hall–Kier alpha value is -1.65. The lowest BCUT2D eigenvalue weighted by atomic mass is 10.2. The zero-order chi connectivity index (χ0) is 14.1. The first-order valence-electron chi connectivity index (χ1n) is 6.35. The number of fused-ring (bicyclic) bond motifs is 1. The van der Waals surface area contributed by atoms with E-state index in [4.69, 9.17) is 5.73 Å². The highest BCUT2D eigenvalue weighted by Crippen LogP contribution is 2.29. The summed E-state index contributed by atoms with van der Waals surface area (Å²) in [5, 5.41) is 3.28. The van der Waals surface area contributed by atoms with Crippen LogP contribution in [0.3, 0.4) is 0 Å². The number of hydrogen-bond donors (Lipinski definition) is 1. The zero-order valence-electron chi connectivity index (χ0n) is 11.1. The van der Waals surface area contributed by atoms with Crippen molar-refractivity contribution in [3.8, 4) is 0 Å². The first-order chi connectivity index (χ1) is 9.66. The Morgan fingerprint density at radius 1 is 1.15 bits per heavy atom. The Bertz CT molecular complexity index is 792. The van der Waals surface area contributed by atoms with Crippen molar-refractivity contribution in [1.29, 1.82) is 0 Å². The molecule has 2 nitrogen and oxygen atoms in total. The zero-order valence-corrected chi connectivity index (χ0v) is 12.8. The van der Waals surface area contributed by atoms with Gasteiger partial charge in [-0.25, -0.2) is 0 Å². The van der Waals surface area contributed by atoms with E-state index in [-0.39, 0.29) is 0 Å². The van der Waals surface area contributed by atoms with Gasteiger partial charge in [-0.15, -0.1) is 11.3 Å². The predicted octanol–water partition coefficient (Wildman–Crippen LogP) is 4.10. The summed E-state index contributed by atoms with van der Waals surface area (Å²) in [6.07, 6.45) is 0. The molecule has 0 spiro atoms. The smallest absolute Gasteiger partial charge is 0.0623 e. The van der Waals surface area contributed by atoms with Gasteiger partial charge in [-0.3, -0.25) is 4.21 Å². The fourth-order valence-electron chi connectivity index (χ4n) is 2.22. The maximum atomic E-state index is 12.6. The van der Waals surface area contributed by atoms with Crippen LogP contribution in [0.4, 0.5) is 5.69 Å². The lowest BCUT2D eigenvalue weighted by molar-refractivity contribution is 0.683. The highest BCUT2D eigenvalue weighted by Gasteiger charge is 2.12. The quantitative estimate of drug-likeness (QED) is 0.740. The van der Waals surface area contributed by atoms with Gasteiger partial charge in [0.1, 0.15) is 0 Å². The Balaban J connectivity index is 1.95. The molecule has 20 heavy (non-hydrogen) atoms. The molecule has 0 radical (unpaired) electrons. The molecular weight excluding hydrogens is 286 g/mol. The van der Waals surface area contributed by atoms with Crippen molar-refractivity contribution in [2.45, 2.75) is 17.6 Å². The Labute approximate surface area is 124 Å². The van der Waals surface area contributed by atoms with Crippen molar-refractivity contribution in [2.75, 3.05) is 5.73 Å². The molecule has 1 unspecified atom stereocenters. The molecule has 2 aromatic carbocycles. The summed E-state index contributed by atoms with van der Waals surface area (Å²) in [7, 11) is -1.11. The maximum Gasteiger partial charge on any atom is 0.0623 e. The van der Waals surface area contributed by atoms with Crippen LogP contribution in [-0.4, -0.2) is 4.21 Å². The summed E-state index contributed by atoms with van der Waals surface area (Å²) in [4.78, 5) is 0.736. The minimum Gasteiger partial charge on any atom is -0.398 e. The van der Waals surface area contributed by atoms with Gasteiger partial charge in [0.05, 0.1) is 27.1 Å². The van der Waals surface area contributed by atoms with Crippen LogP contribution in [-0.2, 0) is 16.6 Å². The van der Waals surface area contributed by atoms with E-state index in [0.29, 0.717) is 11.4 Å². The van der Waals surface area contributed by atoms with E-state index < -0.39 is 10.8 Å². The van der Waals surface area contributed by atoms with E-state index in [2.05, 4.69) is 17.5 Å². The van der Waals surface area contributed by atoms with Gasteiger partial charge in [0.2, 0.25) is 0 Å². The molecule has 0 amide bonds. The topological polar surface area (TPSA) is 43.1 Å². The molecule has 0 aliphatic rings. The minimum atomic E-state index is -1.11. The van der Waals surface area contributed by atoms with Crippen LogP contribution in [0.25, 0.3) is 10.1 Å². The fourth-order valence-corrected chi connectivity index (χ4v) is 4.60. The average Bonchev–Trinajstić information content (AvgIpc) is 2.85. The molecule has 0 aliphatic carbocycles. The van der Waals surface area contributed by atoms with Crippen LogP contribution in [0.15, 0.2) is 52.7 Å². The number of aryl methyl sites for hydroxylation is 1. The number of thiophene rings is 1. The molecule has 4 heteroatoms. The molecule has 102 valence electrons. The standard InChI is InChI=1S/C16H15NOS2/c1-11-5-4-8-15(16(11)17)20(18)10-12-9-19-14-7-3-2-6-13(12)14/h2-9H,10,17H2,1H3. The molecule has 3 aromatic rings. The Morgan fingerprint density at radius 3 is 2.80 bits per heavy atom. The number of para-hydroxylation sites is 1. The van der Waals surface area contributed by atoms with Gasteiger partial charge in [0.15, 0.2) is 0 Å². The third-order valence-corrected chi connectivity index (χ3v) is 5.81. The lowest BCUT2D eigenvalue weighted by Crippen LogP contribution is -2.02. The van der Waals surface area contributed by atoms with Gasteiger partial charge in [-0.2, -0.15) is 0 Å². The van der Waals surface area contributed by atoms with Crippen LogP contribution < -0.4 is 5.73 Å². The van der Waals surface area contributed by atoms with Gasteiger partial charge in [0.25, 0.3) is 0 Å². The van der Waals surface area contributed by atoms with Gasteiger partial charge in [0, 0.05) is 4.70 Å². The second kappa shape index (κ2) is 5.38. The highest BCUT2D eigenvalue weighted by molar-refractivity contribution is 7.84. The van der Waals surface area contributed by atoms with Crippen molar-refractivity contribution in [1.82, 2.24) is 0 Å². The van der Waals surface area contributed by atoms with Gasteiger partial charge in [-0.05, 0) is 40.9 Å². The summed E-state index contributed by atoms with van der Waals surface area (Å²) in [6.45, 7) is 1.94. The second-order valence-electron chi connectivity index (χ2n) is 4.73. The third kappa shape index (κ3) is 2.37.